The summed E-state index contributed by atoms with van der Waals surface area (Å²) in [5, 5.41) is 5.93. The number of nitrogens with zero attached hydrogens (tertiary/aromatic N) is 2. The number of benzene rings is 2. The molecule has 6 nitrogen and oxygen atoms in total. The second kappa shape index (κ2) is 8.90. The number of hydrogen-bond acceptors (Lipinski definition) is 3. The van der Waals surface area contributed by atoms with Crippen LogP contribution in [0.3, 0.4) is 0 Å². The van der Waals surface area contributed by atoms with Crippen molar-refractivity contribution in [3.05, 3.63) is 59.4 Å². The van der Waals surface area contributed by atoms with E-state index in [1.165, 1.54) is 0 Å². The first kappa shape index (κ1) is 20.6. The fraction of sp³-hybridized carbons (Fsp3) is 0.348. The summed E-state index contributed by atoms with van der Waals surface area (Å²) in [5.41, 5.74) is 4.78. The van der Waals surface area contributed by atoms with E-state index in [2.05, 4.69) is 15.6 Å². The molecule has 0 aliphatic heterocycles. The maximum absolute atomic E-state index is 12.8. The molecule has 0 aliphatic carbocycles. The van der Waals surface area contributed by atoms with E-state index in [-0.39, 0.29) is 24.3 Å². The summed E-state index contributed by atoms with van der Waals surface area (Å²) in [6.07, 6.45) is 0.559. The zero-order valence-electron chi connectivity index (χ0n) is 17.5. The van der Waals surface area contributed by atoms with E-state index in [0.717, 1.165) is 33.7 Å². The standard InChI is InChI=1S/C23H28N4O2/c1-15(2)23(29)24-13-12-21-25-19-9-5-6-11-20(19)27(21)14-22(28)26-18-10-7-8-16(3)17(18)4/h5-11,15H,12-14H2,1-4H3,(H,24,29)(H,26,28). The van der Waals surface area contributed by atoms with Crippen LogP contribution in [-0.2, 0) is 22.6 Å². The molecule has 1 aromatic heterocycles. The highest BCUT2D eigenvalue weighted by Crippen LogP contribution is 2.20. The quantitative estimate of drug-likeness (QED) is 0.645. The zero-order valence-corrected chi connectivity index (χ0v) is 17.5. The Morgan fingerprint density at radius 1 is 1.07 bits per heavy atom. The Morgan fingerprint density at radius 2 is 1.83 bits per heavy atom. The van der Waals surface area contributed by atoms with Gasteiger partial charge in [0.1, 0.15) is 12.4 Å². The first-order valence-corrected chi connectivity index (χ1v) is 9.94. The number of para-hydroxylation sites is 2. The third-order valence-electron chi connectivity index (χ3n) is 5.09. The SMILES string of the molecule is Cc1cccc(NC(=O)Cn2c(CCNC(=O)C(C)C)nc3ccccc32)c1C. The van der Waals surface area contributed by atoms with Gasteiger partial charge in [0.05, 0.1) is 11.0 Å². The van der Waals surface area contributed by atoms with Crippen LogP contribution in [-0.4, -0.2) is 27.9 Å². The average molecular weight is 393 g/mol. The highest BCUT2D eigenvalue weighted by molar-refractivity contribution is 5.92. The van der Waals surface area contributed by atoms with Gasteiger partial charge >= 0.3 is 0 Å². The smallest absolute Gasteiger partial charge is 0.244 e. The molecule has 3 rings (SSSR count). The van der Waals surface area contributed by atoms with Crippen LogP contribution in [0.1, 0.15) is 30.8 Å². The van der Waals surface area contributed by atoms with Crippen molar-refractivity contribution < 1.29 is 9.59 Å². The Labute approximate surface area is 171 Å². The van der Waals surface area contributed by atoms with Gasteiger partial charge in [-0.2, -0.15) is 0 Å². The highest BCUT2D eigenvalue weighted by Gasteiger charge is 2.15. The van der Waals surface area contributed by atoms with Crippen molar-refractivity contribution in [1.29, 1.82) is 0 Å². The summed E-state index contributed by atoms with van der Waals surface area (Å²) in [6, 6.07) is 13.6. The van der Waals surface area contributed by atoms with E-state index in [0.29, 0.717) is 13.0 Å². The molecule has 0 radical (unpaired) electrons. The molecule has 2 amide bonds. The van der Waals surface area contributed by atoms with Gasteiger partial charge in [-0.05, 0) is 43.2 Å². The Hall–Kier alpha value is -3.15. The normalized spacial score (nSPS) is 11.1. The molecule has 0 fully saturated rings. The van der Waals surface area contributed by atoms with Crippen LogP contribution in [0, 0.1) is 19.8 Å². The van der Waals surface area contributed by atoms with Crippen molar-refractivity contribution in [1.82, 2.24) is 14.9 Å². The molecule has 2 aromatic carbocycles. The third kappa shape index (κ3) is 4.83. The number of fused-ring (bicyclic) bond motifs is 1. The Kier molecular flexibility index (Phi) is 6.32. The van der Waals surface area contributed by atoms with E-state index < -0.39 is 0 Å². The van der Waals surface area contributed by atoms with Crippen LogP contribution in [0.25, 0.3) is 11.0 Å². The zero-order chi connectivity index (χ0) is 21.0. The van der Waals surface area contributed by atoms with Gasteiger partial charge in [-0.3, -0.25) is 9.59 Å². The molecule has 152 valence electrons. The number of rotatable bonds is 7. The molecule has 0 bridgehead atoms. The molecule has 29 heavy (non-hydrogen) atoms. The fourth-order valence-corrected chi connectivity index (χ4v) is 3.21. The monoisotopic (exact) mass is 392 g/mol. The lowest BCUT2D eigenvalue weighted by Crippen LogP contribution is -2.30. The summed E-state index contributed by atoms with van der Waals surface area (Å²) < 4.78 is 1.93. The second-order valence-corrected chi connectivity index (χ2v) is 7.59. The van der Waals surface area contributed by atoms with Gasteiger partial charge in [-0.1, -0.05) is 38.1 Å². The van der Waals surface area contributed by atoms with Gasteiger partial charge in [0, 0.05) is 24.6 Å². The van der Waals surface area contributed by atoms with E-state index in [1.54, 1.807) is 0 Å². The molecule has 0 unspecified atom stereocenters. The third-order valence-corrected chi connectivity index (χ3v) is 5.09. The minimum absolute atomic E-state index is 0.0142. The van der Waals surface area contributed by atoms with E-state index >= 15 is 0 Å². The van der Waals surface area contributed by atoms with Gasteiger partial charge in [-0.15, -0.1) is 0 Å². The van der Waals surface area contributed by atoms with Crippen molar-refractivity contribution in [2.75, 3.05) is 11.9 Å². The van der Waals surface area contributed by atoms with Crippen molar-refractivity contribution in [2.24, 2.45) is 5.92 Å². The first-order valence-electron chi connectivity index (χ1n) is 9.94. The molecular formula is C23H28N4O2. The van der Waals surface area contributed by atoms with Crippen LogP contribution in [0.2, 0.25) is 0 Å². The largest absolute Gasteiger partial charge is 0.355 e. The Morgan fingerprint density at radius 3 is 2.59 bits per heavy atom. The van der Waals surface area contributed by atoms with Crippen molar-refractivity contribution in [3.8, 4) is 0 Å². The maximum Gasteiger partial charge on any atom is 0.244 e. The predicted octanol–water partition coefficient (Wildman–Crippen LogP) is 3.61. The lowest BCUT2D eigenvalue weighted by atomic mass is 10.1. The van der Waals surface area contributed by atoms with E-state index in [9.17, 15) is 9.59 Å². The Bertz CT molecular complexity index is 1040. The molecule has 0 aliphatic rings. The summed E-state index contributed by atoms with van der Waals surface area (Å²) in [7, 11) is 0. The number of nitrogens with one attached hydrogen (secondary N) is 2. The minimum atomic E-state index is -0.102. The van der Waals surface area contributed by atoms with Gasteiger partial charge < -0.3 is 15.2 Å². The topological polar surface area (TPSA) is 76.0 Å². The van der Waals surface area contributed by atoms with Crippen LogP contribution >= 0.6 is 0 Å². The minimum Gasteiger partial charge on any atom is -0.355 e. The van der Waals surface area contributed by atoms with Crippen molar-refractivity contribution >= 4 is 28.5 Å². The fourth-order valence-electron chi connectivity index (χ4n) is 3.21. The van der Waals surface area contributed by atoms with Crippen LogP contribution in [0.4, 0.5) is 5.69 Å². The molecule has 6 heteroatoms. The number of carbonyl (C=O) groups excluding carboxylic acids is 2. The van der Waals surface area contributed by atoms with Gasteiger partial charge in [0.25, 0.3) is 0 Å². The average Bonchev–Trinajstić information content (AvgIpc) is 3.02. The number of aromatic nitrogens is 2. The number of hydrogen-bond donors (Lipinski definition) is 2. The van der Waals surface area contributed by atoms with Gasteiger partial charge in [0.2, 0.25) is 11.8 Å². The molecule has 0 spiro atoms. The number of imidazole rings is 1. The van der Waals surface area contributed by atoms with E-state index in [1.807, 2.05) is 74.7 Å². The number of aryl methyl sites for hydroxylation is 1. The van der Waals surface area contributed by atoms with Crippen LogP contribution in [0.15, 0.2) is 42.5 Å². The number of anilines is 1. The molecular weight excluding hydrogens is 364 g/mol. The molecule has 3 aromatic rings. The van der Waals surface area contributed by atoms with Gasteiger partial charge in [0.15, 0.2) is 0 Å². The maximum atomic E-state index is 12.8. The molecule has 2 N–H and O–H groups in total. The molecule has 0 saturated carbocycles. The van der Waals surface area contributed by atoms with Gasteiger partial charge in [-0.25, -0.2) is 4.98 Å². The second-order valence-electron chi connectivity index (χ2n) is 7.59. The van der Waals surface area contributed by atoms with Crippen molar-refractivity contribution in [3.63, 3.8) is 0 Å². The lowest BCUT2D eigenvalue weighted by Gasteiger charge is -2.13. The summed E-state index contributed by atoms with van der Waals surface area (Å²) in [4.78, 5) is 29.3. The Balaban J connectivity index is 1.79. The highest BCUT2D eigenvalue weighted by atomic mass is 16.2. The number of amides is 2. The molecule has 0 atom stereocenters. The van der Waals surface area contributed by atoms with Crippen LogP contribution in [0.5, 0.6) is 0 Å². The summed E-state index contributed by atoms with van der Waals surface area (Å²) >= 11 is 0. The van der Waals surface area contributed by atoms with E-state index in [4.69, 9.17) is 0 Å². The number of carbonyl (C=O) groups is 2. The molecule has 1 heterocycles. The lowest BCUT2D eigenvalue weighted by molar-refractivity contribution is -0.124. The predicted molar refractivity (Wildman–Crippen MR) is 116 cm³/mol. The van der Waals surface area contributed by atoms with Crippen molar-refractivity contribution in [2.45, 2.75) is 40.7 Å². The summed E-state index contributed by atoms with van der Waals surface area (Å²) in [6.45, 7) is 8.41. The first-order chi connectivity index (χ1) is 13.9. The van der Waals surface area contributed by atoms with Crippen LogP contribution < -0.4 is 10.6 Å². The molecule has 0 saturated heterocycles. The summed E-state index contributed by atoms with van der Waals surface area (Å²) in [5.74, 6) is 0.637.